The van der Waals surface area contributed by atoms with E-state index in [2.05, 4.69) is 17.2 Å². The van der Waals surface area contributed by atoms with E-state index in [1.54, 1.807) is 11.3 Å². The van der Waals surface area contributed by atoms with Crippen LogP contribution in [-0.4, -0.2) is 23.7 Å². The normalized spacial score (nSPS) is 22.4. The van der Waals surface area contributed by atoms with E-state index in [0.717, 1.165) is 19.6 Å². The first-order valence-corrected chi connectivity index (χ1v) is 6.66. The largest absolute Gasteiger partial charge is 0.377 e. The monoisotopic (exact) mass is 241 g/mol. The minimum Gasteiger partial charge on any atom is -0.377 e. The number of anilines is 1. The molecule has 0 aromatic carbocycles. The first-order valence-electron chi connectivity index (χ1n) is 5.84. The van der Waals surface area contributed by atoms with Crippen LogP contribution < -0.4 is 11.1 Å². The Labute approximate surface area is 100 Å². The Bertz CT molecular complexity index is 323. The third kappa shape index (κ3) is 2.93. The number of nitrogens with zero attached hydrogens (tertiary/aromatic N) is 1. The van der Waals surface area contributed by atoms with Crippen LogP contribution in [0.1, 0.15) is 31.1 Å². The fourth-order valence-electron chi connectivity index (χ4n) is 2.09. The highest BCUT2D eigenvalue weighted by Crippen LogP contribution is 2.19. The molecule has 1 saturated heterocycles. The molecule has 1 aliphatic rings. The summed E-state index contributed by atoms with van der Waals surface area (Å²) in [5.74, 6) is 0. The van der Waals surface area contributed by atoms with Gasteiger partial charge in [-0.25, -0.2) is 4.98 Å². The summed E-state index contributed by atoms with van der Waals surface area (Å²) in [7, 11) is 0. The van der Waals surface area contributed by atoms with Crippen molar-refractivity contribution in [1.29, 1.82) is 0 Å². The molecule has 1 aromatic heterocycles. The highest BCUT2D eigenvalue weighted by molar-refractivity contribution is 7.15. The van der Waals surface area contributed by atoms with Crippen molar-refractivity contribution >= 4 is 16.5 Å². The Hall–Kier alpha value is -0.650. The highest BCUT2D eigenvalue weighted by Gasteiger charge is 2.24. The first kappa shape index (κ1) is 11.8. The first-order chi connectivity index (χ1) is 7.79. The van der Waals surface area contributed by atoms with Crippen LogP contribution in [0, 0.1) is 0 Å². The average molecular weight is 241 g/mol. The molecule has 0 radical (unpaired) electrons. The van der Waals surface area contributed by atoms with Crippen LogP contribution in [0.5, 0.6) is 0 Å². The quantitative estimate of drug-likeness (QED) is 0.825. The standard InChI is InChI=1S/C11H19N3OS/c1-2-9(10-4-3-5-15-10)13-6-8-7-14-11(12)16-8/h7,9-10,13H,2-6H2,1H3,(H2,12,14). The van der Waals surface area contributed by atoms with E-state index in [1.807, 2.05) is 6.20 Å². The van der Waals surface area contributed by atoms with Gasteiger partial charge in [-0.05, 0) is 19.3 Å². The van der Waals surface area contributed by atoms with Crippen molar-refractivity contribution in [3.8, 4) is 0 Å². The molecular weight excluding hydrogens is 222 g/mol. The molecule has 90 valence electrons. The molecule has 0 aliphatic carbocycles. The van der Waals surface area contributed by atoms with Crippen molar-refractivity contribution in [2.45, 2.75) is 44.9 Å². The molecule has 5 heteroatoms. The summed E-state index contributed by atoms with van der Waals surface area (Å²) in [4.78, 5) is 5.23. The summed E-state index contributed by atoms with van der Waals surface area (Å²) in [5, 5.41) is 4.17. The Kier molecular flexibility index (Phi) is 4.15. The van der Waals surface area contributed by atoms with E-state index in [0.29, 0.717) is 17.3 Å². The summed E-state index contributed by atoms with van der Waals surface area (Å²) in [6.07, 6.45) is 5.69. The number of thiazole rings is 1. The van der Waals surface area contributed by atoms with Crippen molar-refractivity contribution in [3.63, 3.8) is 0 Å². The fourth-order valence-corrected chi connectivity index (χ4v) is 2.73. The van der Waals surface area contributed by atoms with E-state index in [1.165, 1.54) is 17.7 Å². The van der Waals surface area contributed by atoms with Gasteiger partial charge in [0.2, 0.25) is 0 Å². The number of nitrogens with one attached hydrogen (secondary N) is 1. The van der Waals surface area contributed by atoms with Gasteiger partial charge in [0, 0.05) is 30.3 Å². The van der Waals surface area contributed by atoms with Crippen molar-refractivity contribution < 1.29 is 4.74 Å². The van der Waals surface area contributed by atoms with Gasteiger partial charge in [0.15, 0.2) is 5.13 Å². The number of hydrogen-bond donors (Lipinski definition) is 2. The van der Waals surface area contributed by atoms with Crippen LogP contribution in [-0.2, 0) is 11.3 Å². The van der Waals surface area contributed by atoms with Crippen LogP contribution in [0.2, 0.25) is 0 Å². The van der Waals surface area contributed by atoms with Crippen molar-refractivity contribution in [1.82, 2.24) is 10.3 Å². The van der Waals surface area contributed by atoms with E-state index >= 15 is 0 Å². The van der Waals surface area contributed by atoms with Crippen LogP contribution in [0.15, 0.2) is 6.20 Å². The van der Waals surface area contributed by atoms with Gasteiger partial charge in [0.05, 0.1) is 6.10 Å². The van der Waals surface area contributed by atoms with Gasteiger partial charge in [-0.3, -0.25) is 0 Å². The van der Waals surface area contributed by atoms with Gasteiger partial charge in [-0.1, -0.05) is 6.92 Å². The van der Waals surface area contributed by atoms with E-state index in [4.69, 9.17) is 10.5 Å². The molecule has 3 N–H and O–H groups in total. The molecule has 2 unspecified atom stereocenters. The third-order valence-electron chi connectivity index (χ3n) is 2.96. The molecule has 1 fully saturated rings. The zero-order valence-electron chi connectivity index (χ0n) is 9.61. The lowest BCUT2D eigenvalue weighted by molar-refractivity contribution is 0.0765. The number of aromatic nitrogens is 1. The molecule has 0 saturated carbocycles. The summed E-state index contributed by atoms with van der Waals surface area (Å²) < 4.78 is 5.70. The average Bonchev–Trinajstić information content (AvgIpc) is 2.91. The maximum Gasteiger partial charge on any atom is 0.180 e. The van der Waals surface area contributed by atoms with Gasteiger partial charge in [0.1, 0.15) is 0 Å². The topological polar surface area (TPSA) is 60.2 Å². The van der Waals surface area contributed by atoms with Crippen LogP contribution in [0.3, 0.4) is 0 Å². The van der Waals surface area contributed by atoms with Gasteiger partial charge in [-0.2, -0.15) is 0 Å². The molecule has 0 bridgehead atoms. The van der Waals surface area contributed by atoms with Crippen molar-refractivity contribution in [2.24, 2.45) is 0 Å². The maximum absolute atomic E-state index is 5.70. The molecule has 1 aromatic rings. The predicted octanol–water partition coefficient (Wildman–Crippen LogP) is 1.77. The van der Waals surface area contributed by atoms with Gasteiger partial charge < -0.3 is 15.8 Å². The number of ether oxygens (including phenoxy) is 1. The molecule has 0 amide bonds. The number of nitrogens with two attached hydrogens (primary N) is 1. The molecule has 2 atom stereocenters. The summed E-state index contributed by atoms with van der Waals surface area (Å²) in [6.45, 7) is 3.95. The fraction of sp³-hybridized carbons (Fsp3) is 0.727. The Morgan fingerprint density at radius 3 is 3.19 bits per heavy atom. The number of nitrogen functional groups attached to an aromatic ring is 1. The molecule has 2 rings (SSSR count). The van der Waals surface area contributed by atoms with Crippen LogP contribution in [0.25, 0.3) is 0 Å². The Balaban J connectivity index is 1.82. The lowest BCUT2D eigenvalue weighted by atomic mass is 10.1. The SMILES string of the molecule is CCC(NCc1cnc(N)s1)C1CCCO1. The van der Waals surface area contributed by atoms with E-state index < -0.39 is 0 Å². The Morgan fingerprint density at radius 2 is 2.62 bits per heavy atom. The smallest absolute Gasteiger partial charge is 0.180 e. The van der Waals surface area contributed by atoms with Gasteiger partial charge in [0.25, 0.3) is 0 Å². The zero-order chi connectivity index (χ0) is 11.4. The second-order valence-corrected chi connectivity index (χ2v) is 5.26. The van der Waals surface area contributed by atoms with Crippen LogP contribution in [0.4, 0.5) is 5.13 Å². The minimum absolute atomic E-state index is 0.385. The predicted molar refractivity (Wildman–Crippen MR) is 66.4 cm³/mol. The second-order valence-electron chi connectivity index (χ2n) is 4.11. The number of hydrogen-bond acceptors (Lipinski definition) is 5. The zero-order valence-corrected chi connectivity index (χ0v) is 10.4. The molecule has 2 heterocycles. The highest BCUT2D eigenvalue weighted by atomic mass is 32.1. The van der Waals surface area contributed by atoms with Gasteiger partial charge >= 0.3 is 0 Å². The molecular formula is C11H19N3OS. The lowest BCUT2D eigenvalue weighted by Gasteiger charge is -2.22. The second kappa shape index (κ2) is 5.61. The summed E-state index contributed by atoms with van der Waals surface area (Å²) in [6, 6.07) is 0.450. The Morgan fingerprint density at radius 1 is 1.75 bits per heavy atom. The third-order valence-corrected chi connectivity index (χ3v) is 3.79. The molecule has 4 nitrogen and oxygen atoms in total. The number of rotatable bonds is 5. The van der Waals surface area contributed by atoms with E-state index in [-0.39, 0.29) is 0 Å². The minimum atomic E-state index is 0.385. The van der Waals surface area contributed by atoms with Crippen molar-refractivity contribution in [2.75, 3.05) is 12.3 Å². The van der Waals surface area contributed by atoms with Crippen LogP contribution >= 0.6 is 11.3 Å². The van der Waals surface area contributed by atoms with E-state index in [9.17, 15) is 0 Å². The van der Waals surface area contributed by atoms with Gasteiger partial charge in [-0.15, -0.1) is 11.3 Å². The van der Waals surface area contributed by atoms with Crippen molar-refractivity contribution in [3.05, 3.63) is 11.1 Å². The molecule has 0 spiro atoms. The summed E-state index contributed by atoms with van der Waals surface area (Å²) >= 11 is 1.55. The molecule has 16 heavy (non-hydrogen) atoms. The maximum atomic E-state index is 5.70. The summed E-state index contributed by atoms with van der Waals surface area (Å²) in [5.41, 5.74) is 5.59. The lowest BCUT2D eigenvalue weighted by Crippen LogP contribution is -2.38. The molecule has 1 aliphatic heterocycles.